The Bertz CT molecular complexity index is 486. The predicted molar refractivity (Wildman–Crippen MR) is 66.7 cm³/mol. The largest absolute Gasteiger partial charge is 0.326 e. The third kappa shape index (κ3) is 2.07. The zero-order valence-corrected chi connectivity index (χ0v) is 10.0. The maximum atomic E-state index is 12.1. The fraction of sp³-hybridized carbons (Fsp3) is 0.385. The third-order valence-corrected chi connectivity index (χ3v) is 3.82. The average Bonchev–Trinajstić information content (AvgIpc) is 2.90. The van der Waals surface area contributed by atoms with Gasteiger partial charge in [-0.15, -0.1) is 0 Å². The van der Waals surface area contributed by atoms with Gasteiger partial charge in [-0.25, -0.2) is 4.98 Å². The molecule has 3 unspecified atom stereocenters. The Labute approximate surface area is 105 Å². The number of hydrogen-bond acceptors (Lipinski definition) is 2. The number of amides is 1. The van der Waals surface area contributed by atoms with Crippen molar-refractivity contribution in [2.75, 3.05) is 5.32 Å². The molecule has 3 rings (SSSR count). The Balaban J connectivity index is 1.70. The lowest BCUT2D eigenvalue weighted by atomic mass is 9.93. The lowest BCUT2D eigenvalue weighted by Gasteiger charge is -2.17. The first-order chi connectivity index (χ1) is 8.22. The van der Waals surface area contributed by atoms with Crippen molar-refractivity contribution in [1.82, 2.24) is 4.98 Å². The van der Waals surface area contributed by atoms with Crippen LogP contribution in [0.25, 0.3) is 0 Å². The van der Waals surface area contributed by atoms with E-state index in [0.29, 0.717) is 17.0 Å². The van der Waals surface area contributed by atoms with Crippen LogP contribution in [0.2, 0.25) is 5.15 Å². The highest BCUT2D eigenvalue weighted by atomic mass is 35.5. The summed E-state index contributed by atoms with van der Waals surface area (Å²) in [4.78, 5) is 16.0. The van der Waals surface area contributed by atoms with Gasteiger partial charge in [0, 0.05) is 17.8 Å². The Morgan fingerprint density at radius 2 is 2.29 bits per heavy atom. The maximum Gasteiger partial charge on any atom is 0.228 e. The number of rotatable bonds is 2. The number of aromatic nitrogens is 1. The van der Waals surface area contributed by atoms with E-state index in [0.717, 1.165) is 18.5 Å². The molecule has 0 saturated heterocycles. The molecule has 1 N–H and O–H groups in total. The normalized spacial score (nSPS) is 29.6. The van der Waals surface area contributed by atoms with Gasteiger partial charge in [0.05, 0.1) is 0 Å². The van der Waals surface area contributed by atoms with E-state index in [1.54, 1.807) is 18.3 Å². The van der Waals surface area contributed by atoms with Gasteiger partial charge < -0.3 is 5.32 Å². The van der Waals surface area contributed by atoms with E-state index >= 15 is 0 Å². The topological polar surface area (TPSA) is 42.0 Å². The highest BCUT2D eigenvalue weighted by Crippen LogP contribution is 2.43. The molecule has 0 radical (unpaired) electrons. The van der Waals surface area contributed by atoms with Crippen molar-refractivity contribution in [3.8, 4) is 0 Å². The molecular weight excluding hydrogens is 236 g/mol. The Hall–Kier alpha value is -1.35. The van der Waals surface area contributed by atoms with Gasteiger partial charge in [-0.2, -0.15) is 0 Å². The highest BCUT2D eigenvalue weighted by Gasteiger charge is 2.39. The van der Waals surface area contributed by atoms with Crippen LogP contribution in [0.3, 0.4) is 0 Å². The SMILES string of the molecule is O=C(Nc1ccnc(Cl)c1)C1CC2C=CC1C2. The molecule has 88 valence electrons. The van der Waals surface area contributed by atoms with Crippen molar-refractivity contribution in [3.05, 3.63) is 35.6 Å². The number of halogens is 1. The molecule has 3 atom stereocenters. The molecule has 1 fully saturated rings. The van der Waals surface area contributed by atoms with Gasteiger partial charge in [0.15, 0.2) is 0 Å². The summed E-state index contributed by atoms with van der Waals surface area (Å²) in [6, 6.07) is 3.43. The minimum absolute atomic E-state index is 0.101. The molecule has 2 aliphatic carbocycles. The zero-order chi connectivity index (χ0) is 11.8. The minimum atomic E-state index is 0.101. The van der Waals surface area contributed by atoms with Crippen molar-refractivity contribution >= 4 is 23.2 Å². The second-order valence-electron chi connectivity index (χ2n) is 4.74. The second-order valence-corrected chi connectivity index (χ2v) is 5.13. The molecule has 0 spiro atoms. The molecule has 4 heteroatoms. The second kappa shape index (κ2) is 4.15. The van der Waals surface area contributed by atoms with Crippen molar-refractivity contribution in [2.45, 2.75) is 12.8 Å². The van der Waals surface area contributed by atoms with Crippen molar-refractivity contribution in [3.63, 3.8) is 0 Å². The summed E-state index contributed by atoms with van der Waals surface area (Å²) in [6.07, 6.45) is 8.12. The van der Waals surface area contributed by atoms with Crippen molar-refractivity contribution in [2.24, 2.45) is 17.8 Å². The number of pyridine rings is 1. The molecule has 17 heavy (non-hydrogen) atoms. The van der Waals surface area contributed by atoms with Crippen LogP contribution in [0.15, 0.2) is 30.5 Å². The van der Waals surface area contributed by atoms with E-state index in [1.165, 1.54) is 0 Å². The first kappa shape index (κ1) is 10.8. The molecule has 3 nitrogen and oxygen atoms in total. The van der Waals surface area contributed by atoms with Gasteiger partial charge in [0.2, 0.25) is 5.91 Å². The number of nitrogens with one attached hydrogen (secondary N) is 1. The van der Waals surface area contributed by atoms with E-state index in [1.807, 2.05) is 0 Å². The molecule has 1 aromatic rings. The maximum absolute atomic E-state index is 12.1. The lowest BCUT2D eigenvalue weighted by molar-refractivity contribution is -0.120. The van der Waals surface area contributed by atoms with E-state index < -0.39 is 0 Å². The van der Waals surface area contributed by atoms with Crippen LogP contribution in [-0.4, -0.2) is 10.9 Å². The van der Waals surface area contributed by atoms with Gasteiger partial charge in [-0.1, -0.05) is 23.8 Å². The summed E-state index contributed by atoms with van der Waals surface area (Å²) < 4.78 is 0. The van der Waals surface area contributed by atoms with Gasteiger partial charge in [0.1, 0.15) is 5.15 Å². The summed E-state index contributed by atoms with van der Waals surface area (Å²) in [5, 5.41) is 3.31. The third-order valence-electron chi connectivity index (χ3n) is 3.61. The summed E-state index contributed by atoms with van der Waals surface area (Å²) >= 11 is 5.78. The number of carbonyl (C=O) groups is 1. The van der Waals surface area contributed by atoms with Gasteiger partial charge in [-0.05, 0) is 36.8 Å². The molecule has 0 aromatic carbocycles. The molecule has 1 amide bonds. The minimum Gasteiger partial charge on any atom is -0.326 e. The number of hydrogen-bond donors (Lipinski definition) is 1. The Kier molecular flexibility index (Phi) is 2.63. The fourth-order valence-corrected chi connectivity index (χ4v) is 2.97. The number of anilines is 1. The van der Waals surface area contributed by atoms with Crippen LogP contribution in [0.4, 0.5) is 5.69 Å². The molecule has 0 aliphatic heterocycles. The van der Waals surface area contributed by atoms with Gasteiger partial charge >= 0.3 is 0 Å². The van der Waals surface area contributed by atoms with Crippen LogP contribution < -0.4 is 5.32 Å². The van der Waals surface area contributed by atoms with E-state index in [4.69, 9.17) is 11.6 Å². The first-order valence-electron chi connectivity index (χ1n) is 5.83. The van der Waals surface area contributed by atoms with Gasteiger partial charge in [0.25, 0.3) is 0 Å². The monoisotopic (exact) mass is 248 g/mol. The highest BCUT2D eigenvalue weighted by molar-refractivity contribution is 6.29. The Morgan fingerprint density at radius 3 is 2.94 bits per heavy atom. The van der Waals surface area contributed by atoms with Crippen LogP contribution in [0.5, 0.6) is 0 Å². The molecule has 2 aliphatic rings. The van der Waals surface area contributed by atoms with Crippen molar-refractivity contribution in [1.29, 1.82) is 0 Å². The standard InChI is InChI=1S/C13H13ClN2O/c14-12-7-10(3-4-15-12)16-13(17)11-6-8-1-2-9(11)5-8/h1-4,7-9,11H,5-6H2,(H,15,16,17). The van der Waals surface area contributed by atoms with E-state index in [2.05, 4.69) is 22.5 Å². The number of fused-ring (bicyclic) bond motifs is 2. The molecular formula is C13H13ClN2O. The molecule has 2 bridgehead atoms. The summed E-state index contributed by atoms with van der Waals surface area (Å²) in [5.41, 5.74) is 0.724. The predicted octanol–water partition coefficient (Wildman–Crippen LogP) is 2.89. The van der Waals surface area contributed by atoms with E-state index in [9.17, 15) is 4.79 Å². The smallest absolute Gasteiger partial charge is 0.228 e. The summed E-state index contributed by atoms with van der Waals surface area (Å²) in [6.45, 7) is 0. The Morgan fingerprint density at radius 1 is 1.41 bits per heavy atom. The van der Waals surface area contributed by atoms with Crippen LogP contribution in [-0.2, 0) is 4.79 Å². The zero-order valence-electron chi connectivity index (χ0n) is 9.27. The summed E-state index contributed by atoms with van der Waals surface area (Å²) in [7, 11) is 0. The lowest BCUT2D eigenvalue weighted by Crippen LogP contribution is -2.25. The number of nitrogens with zero attached hydrogens (tertiary/aromatic N) is 1. The molecule has 1 heterocycles. The number of carbonyl (C=O) groups excluding carboxylic acids is 1. The summed E-state index contributed by atoms with van der Waals surface area (Å²) in [5.74, 6) is 1.26. The molecule has 1 aromatic heterocycles. The quantitative estimate of drug-likeness (QED) is 0.646. The van der Waals surface area contributed by atoms with E-state index in [-0.39, 0.29) is 11.8 Å². The fourth-order valence-electron chi connectivity index (χ4n) is 2.80. The first-order valence-corrected chi connectivity index (χ1v) is 6.21. The van der Waals surface area contributed by atoms with Crippen molar-refractivity contribution < 1.29 is 4.79 Å². The van der Waals surface area contributed by atoms with Crippen LogP contribution in [0, 0.1) is 17.8 Å². The van der Waals surface area contributed by atoms with Gasteiger partial charge in [-0.3, -0.25) is 4.79 Å². The number of allylic oxidation sites excluding steroid dienone is 2. The van der Waals surface area contributed by atoms with Crippen LogP contribution >= 0.6 is 11.6 Å². The molecule has 1 saturated carbocycles. The van der Waals surface area contributed by atoms with Crippen LogP contribution in [0.1, 0.15) is 12.8 Å². The average molecular weight is 249 g/mol.